The van der Waals surface area contributed by atoms with Gasteiger partial charge in [0.15, 0.2) is 5.78 Å². The second kappa shape index (κ2) is 4.11. The smallest absolute Gasteiger partial charge is 0.295 e. The van der Waals surface area contributed by atoms with Gasteiger partial charge in [-0.2, -0.15) is 13.2 Å². The zero-order valence-corrected chi connectivity index (χ0v) is 10.2. The molecule has 0 radical (unpaired) electrons. The molecule has 15 heavy (non-hydrogen) atoms. The summed E-state index contributed by atoms with van der Waals surface area (Å²) in [7, 11) is 0. The molecule has 0 N–H and O–H groups in total. The van der Waals surface area contributed by atoms with E-state index >= 15 is 0 Å². The minimum atomic E-state index is -4.41. The first-order chi connectivity index (χ1) is 6.73. The molecule has 0 fully saturated rings. The molecule has 0 bridgehead atoms. The third kappa shape index (κ3) is 2.70. The largest absolute Gasteiger partial charge is 0.417 e. The van der Waals surface area contributed by atoms with Crippen LogP contribution in [0.25, 0.3) is 0 Å². The van der Waals surface area contributed by atoms with Crippen molar-refractivity contribution in [1.82, 2.24) is 0 Å². The van der Waals surface area contributed by atoms with Gasteiger partial charge in [-0.1, -0.05) is 0 Å². The van der Waals surface area contributed by atoms with Gasteiger partial charge in [-0.25, -0.2) is 0 Å². The summed E-state index contributed by atoms with van der Waals surface area (Å²) in [6.45, 7) is 2.88. The van der Waals surface area contributed by atoms with Crippen molar-refractivity contribution in [2.24, 2.45) is 0 Å². The van der Waals surface area contributed by atoms with Crippen LogP contribution in [-0.2, 0) is 6.18 Å². The van der Waals surface area contributed by atoms with Crippen molar-refractivity contribution >= 4 is 28.4 Å². The third-order valence-corrected chi connectivity index (χ3v) is 2.89. The van der Waals surface area contributed by atoms with E-state index in [9.17, 15) is 18.0 Å². The predicted molar refractivity (Wildman–Crippen MR) is 58.9 cm³/mol. The Morgan fingerprint density at radius 1 is 1.33 bits per heavy atom. The Kier molecular flexibility index (Phi) is 3.42. The molecule has 0 aliphatic rings. The first kappa shape index (κ1) is 12.5. The summed E-state index contributed by atoms with van der Waals surface area (Å²) in [5, 5.41) is 0. The SMILES string of the molecule is CC(=O)c1cc(C(F)(F)F)c(I)cc1C. The highest BCUT2D eigenvalue weighted by Crippen LogP contribution is 2.34. The molecule has 0 saturated carbocycles. The van der Waals surface area contributed by atoms with Crippen LogP contribution >= 0.6 is 22.6 Å². The van der Waals surface area contributed by atoms with E-state index in [0.29, 0.717) is 5.56 Å². The van der Waals surface area contributed by atoms with Gasteiger partial charge in [0, 0.05) is 9.13 Å². The Labute approximate surface area is 98.8 Å². The summed E-state index contributed by atoms with van der Waals surface area (Å²) < 4.78 is 37.6. The summed E-state index contributed by atoms with van der Waals surface area (Å²) in [5.74, 6) is -0.352. The quantitative estimate of drug-likeness (QED) is 0.566. The first-order valence-corrected chi connectivity index (χ1v) is 5.19. The van der Waals surface area contributed by atoms with E-state index in [2.05, 4.69) is 0 Å². The number of carbonyl (C=O) groups is 1. The number of ketones is 1. The highest BCUT2D eigenvalue weighted by atomic mass is 127. The molecule has 0 amide bonds. The monoisotopic (exact) mass is 328 g/mol. The van der Waals surface area contributed by atoms with E-state index in [4.69, 9.17) is 0 Å². The summed E-state index contributed by atoms with van der Waals surface area (Å²) in [5.41, 5.74) is -0.0541. The molecule has 5 heteroatoms. The van der Waals surface area contributed by atoms with Gasteiger partial charge >= 0.3 is 6.18 Å². The van der Waals surface area contributed by atoms with Crippen LogP contribution in [0.2, 0.25) is 0 Å². The lowest BCUT2D eigenvalue weighted by molar-refractivity contribution is -0.138. The first-order valence-electron chi connectivity index (χ1n) is 4.11. The summed E-state index contributed by atoms with van der Waals surface area (Å²) >= 11 is 1.62. The molecule has 0 aliphatic carbocycles. The molecular formula is C10H8F3IO. The van der Waals surface area contributed by atoms with E-state index in [0.717, 1.165) is 6.07 Å². The number of benzene rings is 1. The van der Waals surface area contributed by atoms with E-state index in [-0.39, 0.29) is 14.9 Å². The summed E-state index contributed by atoms with van der Waals surface area (Å²) in [4.78, 5) is 11.1. The van der Waals surface area contributed by atoms with Gasteiger partial charge in [0.2, 0.25) is 0 Å². The van der Waals surface area contributed by atoms with Gasteiger partial charge in [-0.05, 0) is 54.1 Å². The molecule has 1 rings (SSSR count). The lowest BCUT2D eigenvalue weighted by Gasteiger charge is -2.12. The second-order valence-corrected chi connectivity index (χ2v) is 4.36. The van der Waals surface area contributed by atoms with Crippen molar-refractivity contribution in [2.45, 2.75) is 20.0 Å². The highest BCUT2D eigenvalue weighted by Gasteiger charge is 2.33. The molecule has 0 spiro atoms. The fourth-order valence-corrected chi connectivity index (χ4v) is 2.20. The molecule has 82 valence electrons. The number of halogens is 4. The highest BCUT2D eigenvalue weighted by molar-refractivity contribution is 14.1. The van der Waals surface area contributed by atoms with Crippen molar-refractivity contribution in [3.8, 4) is 0 Å². The lowest BCUT2D eigenvalue weighted by Crippen LogP contribution is -2.10. The molecule has 0 atom stereocenters. The standard InChI is InChI=1S/C10H8F3IO/c1-5-3-9(14)8(10(11,12)13)4-7(5)6(2)15/h3-4H,1-2H3. The number of carbonyl (C=O) groups excluding carboxylic acids is 1. The van der Waals surface area contributed by atoms with E-state index < -0.39 is 11.7 Å². The van der Waals surface area contributed by atoms with Crippen molar-refractivity contribution in [3.05, 3.63) is 32.4 Å². The summed E-state index contributed by atoms with van der Waals surface area (Å²) in [6, 6.07) is 2.29. The van der Waals surface area contributed by atoms with Crippen LogP contribution in [0.4, 0.5) is 13.2 Å². The van der Waals surface area contributed by atoms with Crippen LogP contribution in [0, 0.1) is 10.5 Å². The molecular weight excluding hydrogens is 320 g/mol. The summed E-state index contributed by atoms with van der Waals surface area (Å²) in [6.07, 6.45) is -4.41. The minimum Gasteiger partial charge on any atom is -0.295 e. The number of rotatable bonds is 1. The van der Waals surface area contributed by atoms with Crippen molar-refractivity contribution in [1.29, 1.82) is 0 Å². The number of hydrogen-bond acceptors (Lipinski definition) is 1. The van der Waals surface area contributed by atoms with Crippen LogP contribution in [0.1, 0.15) is 28.4 Å². The molecule has 0 heterocycles. The molecule has 1 aromatic rings. The number of hydrogen-bond donors (Lipinski definition) is 0. The Bertz CT molecular complexity index is 410. The molecule has 0 unspecified atom stereocenters. The van der Waals surface area contributed by atoms with Crippen LogP contribution in [0.3, 0.4) is 0 Å². The maximum Gasteiger partial charge on any atom is 0.417 e. The Morgan fingerprint density at radius 3 is 2.27 bits per heavy atom. The zero-order chi connectivity index (χ0) is 11.8. The lowest BCUT2D eigenvalue weighted by atomic mass is 10.0. The van der Waals surface area contributed by atoms with Crippen LogP contribution in [0.15, 0.2) is 12.1 Å². The van der Waals surface area contributed by atoms with Gasteiger partial charge < -0.3 is 0 Å². The fourth-order valence-electron chi connectivity index (χ4n) is 1.27. The van der Waals surface area contributed by atoms with Crippen LogP contribution in [0.5, 0.6) is 0 Å². The molecule has 0 aliphatic heterocycles. The third-order valence-electron chi connectivity index (χ3n) is 2.00. The molecule has 0 saturated heterocycles. The van der Waals surface area contributed by atoms with Gasteiger partial charge in [-0.15, -0.1) is 0 Å². The molecule has 0 aromatic heterocycles. The van der Waals surface area contributed by atoms with Gasteiger partial charge in [-0.3, -0.25) is 4.79 Å². The van der Waals surface area contributed by atoms with Gasteiger partial charge in [0.1, 0.15) is 0 Å². The Hall–Kier alpha value is -0.590. The topological polar surface area (TPSA) is 17.1 Å². The average molecular weight is 328 g/mol. The number of alkyl halides is 3. The van der Waals surface area contributed by atoms with Crippen molar-refractivity contribution < 1.29 is 18.0 Å². The van der Waals surface area contributed by atoms with Gasteiger partial charge in [0.25, 0.3) is 0 Å². The van der Waals surface area contributed by atoms with Crippen molar-refractivity contribution in [3.63, 3.8) is 0 Å². The fraction of sp³-hybridized carbons (Fsp3) is 0.300. The molecule has 1 nitrogen and oxygen atoms in total. The van der Waals surface area contributed by atoms with Gasteiger partial charge in [0.05, 0.1) is 5.56 Å². The Balaban J connectivity index is 3.43. The van der Waals surface area contributed by atoms with E-state index in [1.807, 2.05) is 0 Å². The normalized spacial score (nSPS) is 11.6. The zero-order valence-electron chi connectivity index (χ0n) is 8.07. The van der Waals surface area contributed by atoms with Crippen molar-refractivity contribution in [2.75, 3.05) is 0 Å². The van der Waals surface area contributed by atoms with Crippen LogP contribution < -0.4 is 0 Å². The number of Topliss-reactive ketones (excluding diaryl/α,β-unsaturated/α-hetero) is 1. The second-order valence-electron chi connectivity index (χ2n) is 3.20. The predicted octanol–water partition coefficient (Wildman–Crippen LogP) is 3.82. The maximum absolute atomic E-state index is 12.5. The number of aryl methyl sites for hydroxylation is 1. The van der Waals surface area contributed by atoms with Crippen LogP contribution in [-0.4, -0.2) is 5.78 Å². The van der Waals surface area contributed by atoms with E-state index in [1.165, 1.54) is 13.0 Å². The Morgan fingerprint density at radius 2 is 1.87 bits per heavy atom. The van der Waals surface area contributed by atoms with E-state index in [1.54, 1.807) is 29.5 Å². The average Bonchev–Trinajstić information content (AvgIpc) is 2.00. The molecule has 1 aromatic carbocycles. The minimum absolute atomic E-state index is 0.114. The maximum atomic E-state index is 12.5.